The van der Waals surface area contributed by atoms with Gasteiger partial charge in [-0.25, -0.2) is 4.79 Å². The number of phenolic OH excluding ortho intramolecular Hbond substituents is 1. The number of methoxy groups -OCH3 is 1. The summed E-state index contributed by atoms with van der Waals surface area (Å²) in [4.78, 5) is 11.4. The predicted molar refractivity (Wildman–Crippen MR) is 66.3 cm³/mol. The maximum absolute atomic E-state index is 11.4. The summed E-state index contributed by atoms with van der Waals surface area (Å²) in [5.74, 6) is -0.588. The molecule has 0 amide bonds. The van der Waals surface area contributed by atoms with Crippen LogP contribution in [0.2, 0.25) is 0 Å². The first-order valence-corrected chi connectivity index (χ1v) is 5.90. The third kappa shape index (κ3) is 2.71. The summed E-state index contributed by atoms with van der Waals surface area (Å²) in [6.07, 6.45) is 4.17. The molecular weight excluding hydrogens is 232 g/mol. The molecule has 0 bridgehead atoms. The molecule has 1 atom stereocenters. The Labute approximate surface area is 106 Å². The highest BCUT2D eigenvalue weighted by Gasteiger charge is 2.15. The van der Waals surface area contributed by atoms with E-state index in [1.54, 1.807) is 6.08 Å². The highest BCUT2D eigenvalue weighted by Crippen LogP contribution is 2.30. The Morgan fingerprint density at radius 1 is 1.39 bits per heavy atom. The van der Waals surface area contributed by atoms with Crippen LogP contribution in [0.15, 0.2) is 29.8 Å². The van der Waals surface area contributed by atoms with Gasteiger partial charge in [0.15, 0.2) is 0 Å². The normalized spacial score (nSPS) is 15.8. The van der Waals surface area contributed by atoms with Crippen molar-refractivity contribution in [1.82, 2.24) is 0 Å². The molecule has 1 aromatic carbocycles. The average molecular weight is 248 g/mol. The van der Waals surface area contributed by atoms with E-state index in [4.69, 9.17) is 0 Å². The number of hydrogen-bond donors (Lipinski definition) is 2. The zero-order chi connectivity index (χ0) is 13.1. The molecule has 2 rings (SSSR count). The van der Waals surface area contributed by atoms with Gasteiger partial charge in [-0.1, -0.05) is 11.6 Å². The van der Waals surface area contributed by atoms with Gasteiger partial charge in [0.05, 0.1) is 18.8 Å². The molecule has 0 aromatic heterocycles. The Hall–Kier alpha value is -1.81. The van der Waals surface area contributed by atoms with Gasteiger partial charge in [-0.05, 0) is 43.0 Å². The SMILES string of the molecule is COC(=O)c1cc(O)cc(C(O)C=C2CCC2)c1. The quantitative estimate of drug-likeness (QED) is 0.636. The third-order valence-corrected chi connectivity index (χ3v) is 3.09. The van der Waals surface area contributed by atoms with Gasteiger partial charge in [-0.15, -0.1) is 0 Å². The Morgan fingerprint density at radius 3 is 2.67 bits per heavy atom. The molecule has 1 unspecified atom stereocenters. The number of esters is 1. The molecule has 0 heterocycles. The molecule has 0 spiro atoms. The van der Waals surface area contributed by atoms with Crippen molar-refractivity contribution in [2.75, 3.05) is 7.11 Å². The second-order valence-electron chi connectivity index (χ2n) is 4.43. The molecule has 0 aliphatic heterocycles. The van der Waals surface area contributed by atoms with Crippen molar-refractivity contribution < 1.29 is 19.7 Å². The molecule has 4 heteroatoms. The van der Waals surface area contributed by atoms with Crippen molar-refractivity contribution in [2.45, 2.75) is 25.4 Å². The van der Waals surface area contributed by atoms with E-state index in [0.29, 0.717) is 5.56 Å². The number of aromatic hydroxyl groups is 1. The van der Waals surface area contributed by atoms with E-state index < -0.39 is 12.1 Å². The molecular formula is C14H16O4. The molecule has 1 saturated carbocycles. The number of aliphatic hydroxyl groups excluding tert-OH is 1. The van der Waals surface area contributed by atoms with E-state index in [-0.39, 0.29) is 11.3 Å². The lowest BCUT2D eigenvalue weighted by Crippen LogP contribution is -2.05. The van der Waals surface area contributed by atoms with Crippen LogP contribution in [0.4, 0.5) is 0 Å². The van der Waals surface area contributed by atoms with Crippen molar-refractivity contribution in [2.24, 2.45) is 0 Å². The van der Waals surface area contributed by atoms with Gasteiger partial charge in [0, 0.05) is 0 Å². The Bertz CT molecular complexity index is 485. The fourth-order valence-corrected chi connectivity index (χ4v) is 1.91. The first-order valence-electron chi connectivity index (χ1n) is 5.90. The van der Waals surface area contributed by atoms with Gasteiger partial charge >= 0.3 is 5.97 Å². The van der Waals surface area contributed by atoms with Gasteiger partial charge in [-0.2, -0.15) is 0 Å². The fourth-order valence-electron chi connectivity index (χ4n) is 1.91. The summed E-state index contributed by atoms with van der Waals surface area (Å²) < 4.78 is 4.59. The molecule has 1 aliphatic rings. The number of carbonyl (C=O) groups excluding carboxylic acids is 1. The molecule has 18 heavy (non-hydrogen) atoms. The molecule has 1 aliphatic carbocycles. The van der Waals surface area contributed by atoms with Crippen LogP contribution in [0, 0.1) is 0 Å². The van der Waals surface area contributed by atoms with E-state index in [2.05, 4.69) is 4.74 Å². The monoisotopic (exact) mass is 248 g/mol. The minimum atomic E-state index is -0.796. The fraction of sp³-hybridized carbons (Fsp3) is 0.357. The van der Waals surface area contributed by atoms with E-state index in [1.165, 1.54) is 30.9 Å². The summed E-state index contributed by atoms with van der Waals surface area (Å²) in [5.41, 5.74) is 1.94. The highest BCUT2D eigenvalue weighted by molar-refractivity contribution is 5.90. The maximum atomic E-state index is 11.4. The second-order valence-corrected chi connectivity index (χ2v) is 4.43. The summed E-state index contributed by atoms with van der Waals surface area (Å²) in [7, 11) is 1.28. The number of ether oxygens (including phenoxy) is 1. The minimum absolute atomic E-state index is 0.0565. The first kappa shape index (κ1) is 12.6. The van der Waals surface area contributed by atoms with Crippen molar-refractivity contribution in [3.8, 4) is 5.75 Å². The number of allylic oxidation sites excluding steroid dienone is 1. The molecule has 96 valence electrons. The van der Waals surface area contributed by atoms with E-state index >= 15 is 0 Å². The number of rotatable bonds is 3. The summed E-state index contributed by atoms with van der Waals surface area (Å²) in [5, 5.41) is 19.6. The highest BCUT2D eigenvalue weighted by atomic mass is 16.5. The number of phenols is 1. The van der Waals surface area contributed by atoms with Crippen LogP contribution >= 0.6 is 0 Å². The van der Waals surface area contributed by atoms with Gasteiger partial charge < -0.3 is 14.9 Å². The van der Waals surface area contributed by atoms with Gasteiger partial charge in [-0.3, -0.25) is 0 Å². The largest absolute Gasteiger partial charge is 0.508 e. The second kappa shape index (κ2) is 5.23. The van der Waals surface area contributed by atoms with Gasteiger partial charge in [0.25, 0.3) is 0 Å². The lowest BCUT2D eigenvalue weighted by atomic mass is 9.90. The summed E-state index contributed by atoms with van der Waals surface area (Å²) >= 11 is 0. The third-order valence-electron chi connectivity index (χ3n) is 3.09. The Kier molecular flexibility index (Phi) is 3.67. The van der Waals surface area contributed by atoms with Crippen LogP contribution < -0.4 is 0 Å². The smallest absolute Gasteiger partial charge is 0.337 e. The van der Waals surface area contributed by atoms with Crippen LogP contribution in [-0.4, -0.2) is 23.3 Å². The number of hydrogen-bond acceptors (Lipinski definition) is 4. The zero-order valence-electron chi connectivity index (χ0n) is 10.2. The van der Waals surface area contributed by atoms with Crippen LogP contribution in [0.1, 0.15) is 41.3 Å². The maximum Gasteiger partial charge on any atom is 0.337 e. The predicted octanol–water partition coefficient (Wildman–Crippen LogP) is 2.32. The molecule has 1 fully saturated rings. The summed E-state index contributed by atoms with van der Waals surface area (Å²) in [6, 6.07) is 4.30. The number of carbonyl (C=O) groups is 1. The van der Waals surface area contributed by atoms with E-state index in [1.807, 2.05) is 0 Å². The van der Waals surface area contributed by atoms with Gasteiger partial charge in [0.2, 0.25) is 0 Å². The Morgan fingerprint density at radius 2 is 2.11 bits per heavy atom. The topological polar surface area (TPSA) is 66.8 Å². The molecule has 4 nitrogen and oxygen atoms in total. The molecule has 1 aromatic rings. The standard InChI is InChI=1S/C14H16O4/c1-18-14(17)11-6-10(7-12(15)8-11)13(16)5-9-3-2-4-9/h5-8,13,15-16H,2-4H2,1H3. The van der Waals surface area contributed by atoms with Crippen LogP contribution in [0.5, 0.6) is 5.75 Å². The van der Waals surface area contributed by atoms with E-state index in [0.717, 1.165) is 19.3 Å². The number of aliphatic hydroxyl groups is 1. The van der Waals surface area contributed by atoms with Crippen molar-refractivity contribution in [3.05, 3.63) is 41.0 Å². The zero-order valence-corrected chi connectivity index (χ0v) is 10.2. The first-order chi connectivity index (χ1) is 8.60. The lowest BCUT2D eigenvalue weighted by molar-refractivity contribution is 0.0600. The van der Waals surface area contributed by atoms with Crippen LogP contribution in [0.3, 0.4) is 0 Å². The van der Waals surface area contributed by atoms with Crippen molar-refractivity contribution >= 4 is 5.97 Å². The van der Waals surface area contributed by atoms with Crippen LogP contribution in [-0.2, 0) is 4.74 Å². The molecule has 2 N–H and O–H groups in total. The minimum Gasteiger partial charge on any atom is -0.508 e. The summed E-state index contributed by atoms with van der Waals surface area (Å²) in [6.45, 7) is 0. The van der Waals surface area contributed by atoms with Crippen molar-refractivity contribution in [3.63, 3.8) is 0 Å². The van der Waals surface area contributed by atoms with E-state index in [9.17, 15) is 15.0 Å². The lowest BCUT2D eigenvalue weighted by Gasteiger charge is -2.18. The molecule has 0 saturated heterocycles. The van der Waals surface area contributed by atoms with Crippen molar-refractivity contribution in [1.29, 1.82) is 0 Å². The van der Waals surface area contributed by atoms with Crippen LogP contribution in [0.25, 0.3) is 0 Å². The van der Waals surface area contributed by atoms with Gasteiger partial charge in [0.1, 0.15) is 5.75 Å². The average Bonchev–Trinajstić information content (AvgIpc) is 2.31. The Balaban J connectivity index is 2.26. The number of benzene rings is 1. The molecule has 0 radical (unpaired) electrons.